The highest BCUT2D eigenvalue weighted by Crippen LogP contribution is 2.45. The van der Waals surface area contributed by atoms with Gasteiger partial charge in [0.2, 0.25) is 0 Å². The molecule has 1 heterocycles. The van der Waals surface area contributed by atoms with Crippen LogP contribution in [-0.4, -0.2) is 12.3 Å². The van der Waals surface area contributed by atoms with Gasteiger partial charge in [0.1, 0.15) is 0 Å². The van der Waals surface area contributed by atoms with Crippen LogP contribution in [0, 0.1) is 0 Å². The summed E-state index contributed by atoms with van der Waals surface area (Å²) in [5.41, 5.74) is 2.76. The van der Waals surface area contributed by atoms with Crippen molar-refractivity contribution in [3.63, 3.8) is 0 Å². The lowest BCUT2D eigenvalue weighted by atomic mass is 9.88. The predicted molar refractivity (Wildman–Crippen MR) is 92.4 cm³/mol. The second kappa shape index (κ2) is 6.87. The Morgan fingerprint density at radius 3 is 2.90 bits per heavy atom. The fourth-order valence-electron chi connectivity index (χ4n) is 2.96. The van der Waals surface area contributed by atoms with Crippen LogP contribution in [0.4, 0.5) is 0 Å². The summed E-state index contributed by atoms with van der Waals surface area (Å²) in [5, 5.41) is 4.54. The number of nitrogens with one attached hydrogen (secondary N) is 1. The van der Waals surface area contributed by atoms with Gasteiger partial charge in [0.05, 0.1) is 0 Å². The van der Waals surface area contributed by atoms with E-state index in [1.807, 2.05) is 23.9 Å². The highest BCUT2D eigenvalue weighted by atomic mass is 35.5. The van der Waals surface area contributed by atoms with Crippen molar-refractivity contribution < 1.29 is 0 Å². The average molecular weight is 318 g/mol. The minimum absolute atomic E-state index is 0.333. The fraction of sp³-hybridized carbons (Fsp3) is 0.333. The van der Waals surface area contributed by atoms with E-state index in [0.717, 1.165) is 23.7 Å². The Kier molecular flexibility index (Phi) is 4.89. The Bertz CT molecular complexity index is 614. The number of benzene rings is 2. The minimum Gasteiger partial charge on any atom is -0.309 e. The zero-order valence-corrected chi connectivity index (χ0v) is 13.8. The summed E-state index contributed by atoms with van der Waals surface area (Å²) in [6.07, 6.45) is 1.14. The molecular weight excluding hydrogens is 298 g/mol. The first-order valence-corrected chi connectivity index (χ1v) is 8.86. The van der Waals surface area contributed by atoms with Crippen LogP contribution in [0.3, 0.4) is 0 Å². The normalized spacial score (nSPS) is 18.5. The first kappa shape index (κ1) is 15.0. The third-order valence-corrected chi connectivity index (χ3v) is 5.40. The molecule has 0 bridgehead atoms. The minimum atomic E-state index is 0.333. The molecule has 1 N–H and O–H groups in total. The Labute approximate surface area is 136 Å². The van der Waals surface area contributed by atoms with Crippen LogP contribution in [0.1, 0.15) is 36.4 Å². The lowest BCUT2D eigenvalue weighted by Gasteiger charge is -2.26. The number of halogens is 1. The third kappa shape index (κ3) is 3.28. The molecule has 0 spiro atoms. The van der Waals surface area contributed by atoms with Gasteiger partial charge in [-0.1, -0.05) is 48.9 Å². The van der Waals surface area contributed by atoms with Crippen molar-refractivity contribution in [2.75, 3.05) is 12.3 Å². The molecule has 0 aromatic heterocycles. The topological polar surface area (TPSA) is 12.0 Å². The Morgan fingerprint density at radius 2 is 2.10 bits per heavy atom. The molecule has 0 saturated heterocycles. The van der Waals surface area contributed by atoms with E-state index in [4.69, 9.17) is 11.6 Å². The molecule has 2 aromatic carbocycles. The second-order valence-electron chi connectivity index (χ2n) is 5.44. The molecule has 2 atom stereocenters. The second-order valence-corrected chi connectivity index (χ2v) is 6.94. The summed E-state index contributed by atoms with van der Waals surface area (Å²) >= 11 is 8.16. The molecule has 110 valence electrons. The maximum atomic E-state index is 6.20. The van der Waals surface area contributed by atoms with E-state index in [2.05, 4.69) is 48.6 Å². The van der Waals surface area contributed by atoms with E-state index in [1.54, 1.807) is 0 Å². The van der Waals surface area contributed by atoms with Crippen molar-refractivity contribution in [3.8, 4) is 0 Å². The van der Waals surface area contributed by atoms with Gasteiger partial charge in [-0.3, -0.25) is 0 Å². The van der Waals surface area contributed by atoms with Gasteiger partial charge in [0.25, 0.3) is 0 Å². The molecule has 3 heteroatoms. The van der Waals surface area contributed by atoms with E-state index < -0.39 is 0 Å². The highest BCUT2D eigenvalue weighted by Gasteiger charge is 2.30. The maximum absolute atomic E-state index is 6.20. The molecule has 0 saturated carbocycles. The smallest absolute Gasteiger partial charge is 0.0409 e. The van der Waals surface area contributed by atoms with Crippen LogP contribution < -0.4 is 5.32 Å². The van der Waals surface area contributed by atoms with Gasteiger partial charge in [-0.05, 0) is 42.3 Å². The van der Waals surface area contributed by atoms with Gasteiger partial charge in [-0.25, -0.2) is 0 Å². The largest absolute Gasteiger partial charge is 0.309 e. The molecule has 1 aliphatic heterocycles. The SMILES string of the molecule is CCCNC(c1cccc(Cl)c1)C1CSc2ccccc21. The van der Waals surface area contributed by atoms with Crippen LogP contribution in [-0.2, 0) is 0 Å². The third-order valence-electron chi connectivity index (χ3n) is 3.96. The van der Waals surface area contributed by atoms with Crippen LogP contribution in [0.5, 0.6) is 0 Å². The molecule has 1 aliphatic rings. The van der Waals surface area contributed by atoms with Gasteiger partial charge in [-0.2, -0.15) is 0 Å². The Morgan fingerprint density at radius 1 is 1.24 bits per heavy atom. The van der Waals surface area contributed by atoms with Crippen molar-refractivity contribution in [2.45, 2.75) is 30.2 Å². The Balaban J connectivity index is 1.93. The van der Waals surface area contributed by atoms with Gasteiger partial charge in [-0.15, -0.1) is 11.8 Å². The quantitative estimate of drug-likeness (QED) is 0.806. The molecule has 2 aromatic rings. The number of hydrogen-bond acceptors (Lipinski definition) is 2. The molecule has 2 unspecified atom stereocenters. The van der Waals surface area contributed by atoms with Gasteiger partial charge >= 0.3 is 0 Å². The fourth-order valence-corrected chi connectivity index (χ4v) is 4.45. The standard InChI is InChI=1S/C18H20ClNS/c1-2-10-20-18(13-6-5-7-14(19)11-13)16-12-21-17-9-4-3-8-15(16)17/h3-9,11,16,18,20H,2,10,12H2,1H3. The maximum Gasteiger partial charge on any atom is 0.0409 e. The lowest BCUT2D eigenvalue weighted by molar-refractivity contribution is 0.471. The first-order chi connectivity index (χ1) is 10.3. The van der Waals surface area contributed by atoms with E-state index in [-0.39, 0.29) is 0 Å². The number of hydrogen-bond donors (Lipinski definition) is 1. The summed E-state index contributed by atoms with van der Waals surface area (Å²) in [6, 6.07) is 17.4. The van der Waals surface area contributed by atoms with Gasteiger partial charge < -0.3 is 5.32 Å². The Hall–Kier alpha value is -0.960. The van der Waals surface area contributed by atoms with Crippen molar-refractivity contribution >= 4 is 23.4 Å². The molecule has 3 rings (SSSR count). The van der Waals surface area contributed by atoms with Crippen molar-refractivity contribution in [1.82, 2.24) is 5.32 Å². The molecule has 0 aliphatic carbocycles. The van der Waals surface area contributed by atoms with E-state index in [1.165, 1.54) is 16.0 Å². The van der Waals surface area contributed by atoms with Crippen LogP contribution in [0.2, 0.25) is 5.02 Å². The highest BCUT2D eigenvalue weighted by molar-refractivity contribution is 7.99. The van der Waals surface area contributed by atoms with Crippen LogP contribution in [0.15, 0.2) is 53.4 Å². The number of thioether (sulfide) groups is 1. The lowest BCUT2D eigenvalue weighted by Crippen LogP contribution is -2.28. The molecular formula is C18H20ClNS. The first-order valence-electron chi connectivity index (χ1n) is 7.50. The van der Waals surface area contributed by atoms with Crippen molar-refractivity contribution in [1.29, 1.82) is 0 Å². The predicted octanol–water partition coefficient (Wildman–Crippen LogP) is 5.27. The van der Waals surface area contributed by atoms with E-state index in [9.17, 15) is 0 Å². The van der Waals surface area contributed by atoms with E-state index >= 15 is 0 Å². The number of rotatable bonds is 5. The van der Waals surface area contributed by atoms with Crippen LogP contribution in [0.25, 0.3) is 0 Å². The van der Waals surface area contributed by atoms with Crippen LogP contribution >= 0.6 is 23.4 Å². The summed E-state index contributed by atoms with van der Waals surface area (Å²) < 4.78 is 0. The monoisotopic (exact) mass is 317 g/mol. The van der Waals surface area contributed by atoms with Crippen molar-refractivity contribution in [3.05, 3.63) is 64.7 Å². The molecule has 21 heavy (non-hydrogen) atoms. The molecule has 0 amide bonds. The van der Waals surface area contributed by atoms with Gasteiger partial charge in [0.15, 0.2) is 0 Å². The molecule has 0 fully saturated rings. The summed E-state index contributed by atoms with van der Waals surface area (Å²) in [7, 11) is 0. The summed E-state index contributed by atoms with van der Waals surface area (Å²) in [6.45, 7) is 3.24. The van der Waals surface area contributed by atoms with E-state index in [0.29, 0.717) is 12.0 Å². The zero-order valence-electron chi connectivity index (χ0n) is 12.2. The number of fused-ring (bicyclic) bond motifs is 1. The van der Waals surface area contributed by atoms with Crippen molar-refractivity contribution in [2.24, 2.45) is 0 Å². The zero-order chi connectivity index (χ0) is 14.7. The summed E-state index contributed by atoms with van der Waals surface area (Å²) in [4.78, 5) is 1.42. The average Bonchev–Trinajstić information content (AvgIpc) is 2.92. The molecule has 0 radical (unpaired) electrons. The molecule has 1 nitrogen and oxygen atoms in total. The van der Waals surface area contributed by atoms with Gasteiger partial charge in [0, 0.05) is 27.6 Å². The summed E-state index contributed by atoms with van der Waals surface area (Å²) in [5.74, 6) is 1.64.